The van der Waals surface area contributed by atoms with Gasteiger partial charge in [0, 0.05) is 22.6 Å². The summed E-state index contributed by atoms with van der Waals surface area (Å²) in [5, 5.41) is 16.2. The van der Waals surface area contributed by atoms with Crippen molar-refractivity contribution in [3.05, 3.63) is 87.5 Å². The predicted molar refractivity (Wildman–Crippen MR) is 170 cm³/mol. The third-order valence-corrected chi connectivity index (χ3v) is 12.0. The third-order valence-electron chi connectivity index (χ3n) is 12.0. The summed E-state index contributed by atoms with van der Waals surface area (Å²) in [6.07, 6.45) is -2.86. The summed E-state index contributed by atoms with van der Waals surface area (Å²) in [6.45, 7) is 7.81. The van der Waals surface area contributed by atoms with Crippen molar-refractivity contribution in [1.29, 1.82) is 0 Å². The lowest BCUT2D eigenvalue weighted by Gasteiger charge is -2.49. The molecule has 0 saturated carbocycles. The normalized spacial score (nSPS) is 41.4. The molecule has 0 bridgehead atoms. The molecule has 5 saturated heterocycles. The maximum atomic E-state index is 15.3. The second-order valence-corrected chi connectivity index (χ2v) is 15.3. The average molecular weight is 655 g/mol. The van der Waals surface area contributed by atoms with E-state index in [1.807, 2.05) is 88.4 Å². The van der Waals surface area contributed by atoms with E-state index in [-0.39, 0.29) is 10.7 Å². The van der Waals surface area contributed by atoms with E-state index < -0.39 is 71.4 Å². The quantitative estimate of drug-likeness (QED) is 0.274. The summed E-state index contributed by atoms with van der Waals surface area (Å²) in [5.74, 6) is -2.46. The van der Waals surface area contributed by atoms with Gasteiger partial charge in [-0.1, -0.05) is 61.0 Å². The van der Waals surface area contributed by atoms with Gasteiger partial charge >= 0.3 is 0 Å². The van der Waals surface area contributed by atoms with Crippen molar-refractivity contribution in [2.45, 2.75) is 118 Å². The summed E-state index contributed by atoms with van der Waals surface area (Å²) in [5.41, 5.74) is -1.03. The number of ketones is 1. The monoisotopic (exact) mass is 654 g/mol. The Labute approximate surface area is 277 Å². The number of nitrogens with zero attached hydrogens (tertiary/aromatic N) is 2. The topological polar surface area (TPSA) is 119 Å². The highest BCUT2D eigenvalue weighted by atomic mass is 16.9. The van der Waals surface area contributed by atoms with Crippen LogP contribution in [-0.2, 0) is 29.2 Å². The van der Waals surface area contributed by atoms with Crippen molar-refractivity contribution in [3.63, 3.8) is 0 Å². The number of rotatable bonds is 2. The Kier molecular flexibility index (Phi) is 5.77. The SMILES string of the molecule is CC1(C)O[C@@H]2[C@H](O1)[C@H]1OC(C)(C)O[C@H]1O[C@@H]2[C@H]1Oc2ccccc2[C@@H]2[C@]1([N+](=O)[O-])C1CCCCN1[C@@]21C(=O)c2cccc3cccc1c23. The van der Waals surface area contributed by atoms with Crippen LogP contribution < -0.4 is 4.74 Å². The second-order valence-electron chi connectivity index (χ2n) is 15.3. The fourth-order valence-corrected chi connectivity index (χ4v) is 10.7. The highest BCUT2D eigenvalue weighted by Crippen LogP contribution is 2.68. The number of carbonyl (C=O) groups excluding carboxylic acids is 1. The Hall–Kier alpha value is -3.45. The van der Waals surface area contributed by atoms with E-state index in [2.05, 4.69) is 4.90 Å². The van der Waals surface area contributed by atoms with Crippen LogP contribution in [0.4, 0.5) is 0 Å². The zero-order valence-electron chi connectivity index (χ0n) is 27.3. The summed E-state index contributed by atoms with van der Waals surface area (Å²) < 4.78 is 39.3. The third kappa shape index (κ3) is 3.42. The van der Waals surface area contributed by atoms with E-state index in [1.54, 1.807) is 0 Å². The van der Waals surface area contributed by atoms with Crippen LogP contribution in [0.5, 0.6) is 5.75 Å². The van der Waals surface area contributed by atoms with Crippen molar-refractivity contribution in [1.82, 2.24) is 4.90 Å². The molecule has 11 nitrogen and oxygen atoms in total. The maximum absolute atomic E-state index is 15.3. The molecule has 48 heavy (non-hydrogen) atoms. The zero-order valence-corrected chi connectivity index (χ0v) is 27.3. The van der Waals surface area contributed by atoms with Gasteiger partial charge in [0.1, 0.15) is 35.7 Å². The molecular weight excluding hydrogens is 616 g/mol. The van der Waals surface area contributed by atoms with E-state index >= 15 is 4.79 Å². The van der Waals surface area contributed by atoms with Crippen LogP contribution in [-0.4, -0.2) is 82.1 Å². The first kappa shape index (κ1) is 29.5. The van der Waals surface area contributed by atoms with E-state index in [0.717, 1.165) is 29.2 Å². The van der Waals surface area contributed by atoms with Crippen molar-refractivity contribution >= 4 is 16.6 Å². The van der Waals surface area contributed by atoms with Gasteiger partial charge < -0.3 is 28.4 Å². The Balaban J connectivity index is 1.25. The van der Waals surface area contributed by atoms with Crippen molar-refractivity contribution in [2.24, 2.45) is 0 Å². The van der Waals surface area contributed by atoms with Crippen LogP contribution in [0.2, 0.25) is 0 Å². The Bertz CT molecular complexity index is 1910. The van der Waals surface area contributed by atoms with Crippen LogP contribution in [0.3, 0.4) is 0 Å². The van der Waals surface area contributed by atoms with Gasteiger partial charge in [-0.25, -0.2) is 0 Å². The zero-order chi connectivity index (χ0) is 33.0. The van der Waals surface area contributed by atoms with Gasteiger partial charge in [-0.3, -0.25) is 19.8 Å². The lowest BCUT2D eigenvalue weighted by atomic mass is 9.62. The molecule has 7 aliphatic rings. The summed E-state index contributed by atoms with van der Waals surface area (Å²) in [7, 11) is 0. The van der Waals surface area contributed by atoms with E-state index in [9.17, 15) is 10.1 Å². The molecule has 3 aromatic carbocycles. The van der Waals surface area contributed by atoms with Gasteiger partial charge in [-0.15, -0.1) is 0 Å². The smallest absolute Gasteiger partial charge is 0.285 e. The van der Waals surface area contributed by atoms with E-state index in [1.165, 1.54) is 0 Å². The molecule has 0 amide bonds. The lowest BCUT2D eigenvalue weighted by molar-refractivity contribution is -0.595. The fourth-order valence-electron chi connectivity index (χ4n) is 10.7. The molecule has 3 aromatic rings. The Morgan fingerprint density at radius 3 is 2.33 bits per heavy atom. The number of piperidine rings is 1. The van der Waals surface area contributed by atoms with Crippen LogP contribution in [0, 0.1) is 10.1 Å². The summed E-state index contributed by atoms with van der Waals surface area (Å²) >= 11 is 0. The molecule has 5 fully saturated rings. The molecule has 1 unspecified atom stereocenters. The maximum Gasteiger partial charge on any atom is 0.285 e. The van der Waals surface area contributed by atoms with Gasteiger partial charge in [0.25, 0.3) is 5.54 Å². The number of para-hydroxylation sites is 1. The van der Waals surface area contributed by atoms with Gasteiger partial charge in [0.2, 0.25) is 0 Å². The minimum atomic E-state index is -1.80. The number of hydrogen-bond acceptors (Lipinski definition) is 10. The standard InChI is InChI=1S/C37H38N2O9/c1-34(2)45-26-27(46-34)29-33(48-35(3,4)47-29)44-28(26)32-37(39(41)42)24-17-7-8-18-38(24)36(30(37)20-13-5-6-16-23(20)43-32)22-15-10-12-19-11-9-14-21(25(19)22)31(36)40/h5-6,9-16,24,26-30,32-33H,7-8,17-18H2,1-4H3/t24?,26-,27+,28+,29-,30+,32-,33-,36-,37-/m1/s1. The molecule has 250 valence electrons. The number of ether oxygens (including phenoxy) is 6. The molecule has 0 radical (unpaired) electrons. The first-order valence-corrected chi connectivity index (χ1v) is 17.1. The van der Waals surface area contributed by atoms with Crippen LogP contribution >= 0.6 is 0 Å². The average Bonchev–Trinajstić information content (AvgIpc) is 3.73. The minimum Gasteiger partial charge on any atom is -0.480 e. The molecule has 0 aromatic heterocycles. The number of fused-ring (bicyclic) bond motifs is 11. The van der Waals surface area contributed by atoms with Crippen LogP contribution in [0.1, 0.15) is 74.4 Å². The highest BCUT2D eigenvalue weighted by Gasteiger charge is 2.84. The first-order valence-electron chi connectivity index (χ1n) is 17.1. The van der Waals surface area contributed by atoms with E-state index in [0.29, 0.717) is 29.8 Å². The number of carbonyl (C=O) groups is 1. The largest absolute Gasteiger partial charge is 0.480 e. The van der Waals surface area contributed by atoms with E-state index in [4.69, 9.17) is 28.4 Å². The molecule has 10 rings (SSSR count). The molecule has 6 heterocycles. The van der Waals surface area contributed by atoms with Gasteiger partial charge in [0.15, 0.2) is 29.8 Å². The number of benzene rings is 3. The Morgan fingerprint density at radius 1 is 0.833 bits per heavy atom. The molecule has 10 atom stereocenters. The van der Waals surface area contributed by atoms with Crippen molar-refractivity contribution in [3.8, 4) is 5.75 Å². The molecule has 11 heteroatoms. The highest BCUT2D eigenvalue weighted by molar-refractivity contribution is 6.21. The number of nitro groups is 1. The Morgan fingerprint density at radius 2 is 1.54 bits per heavy atom. The molecular formula is C37H38N2O9. The fraction of sp³-hybridized carbons (Fsp3) is 0.541. The van der Waals surface area contributed by atoms with Crippen LogP contribution in [0.25, 0.3) is 10.8 Å². The minimum absolute atomic E-state index is 0.0938. The molecule has 0 N–H and O–H groups in total. The van der Waals surface area contributed by atoms with Crippen molar-refractivity contribution in [2.75, 3.05) is 6.54 Å². The second kappa shape index (κ2) is 9.41. The van der Waals surface area contributed by atoms with Crippen LogP contribution in [0.15, 0.2) is 60.7 Å². The molecule has 6 aliphatic heterocycles. The first-order chi connectivity index (χ1) is 23.0. The summed E-state index contributed by atoms with van der Waals surface area (Å²) in [6, 6.07) is 18.6. The number of hydrogen-bond donors (Lipinski definition) is 0. The molecule has 1 spiro atoms. The van der Waals surface area contributed by atoms with Gasteiger partial charge in [-0.2, -0.15) is 0 Å². The van der Waals surface area contributed by atoms with Crippen molar-refractivity contribution < 1.29 is 38.1 Å². The number of Topliss-reactive ketones (excluding diaryl/α,β-unsaturated/α-hetero) is 1. The van der Waals surface area contributed by atoms with Gasteiger partial charge in [0.05, 0.1) is 12.0 Å². The summed E-state index contributed by atoms with van der Waals surface area (Å²) in [4.78, 5) is 31.8. The predicted octanol–water partition coefficient (Wildman–Crippen LogP) is 5.06. The van der Waals surface area contributed by atoms with Gasteiger partial charge in [-0.05, 0) is 62.9 Å². The lowest BCUT2D eigenvalue weighted by Crippen LogP contribution is -2.72. The molecule has 1 aliphatic carbocycles.